The second-order valence-electron chi connectivity index (χ2n) is 7.09. The molecule has 0 spiro atoms. The highest BCUT2D eigenvalue weighted by atomic mass is 16.5. The van der Waals surface area contributed by atoms with Crippen LogP contribution in [0.15, 0.2) is 36.5 Å². The van der Waals surface area contributed by atoms with Crippen molar-refractivity contribution >= 4 is 23.1 Å². The van der Waals surface area contributed by atoms with Crippen molar-refractivity contribution in [3.8, 4) is 34.6 Å². The highest BCUT2D eigenvalue weighted by Gasteiger charge is 2.23. The lowest BCUT2D eigenvalue weighted by atomic mass is 10.1. The molecule has 2 heterocycles. The number of carboxylic acids is 1. The number of aromatic nitrogens is 3. The van der Waals surface area contributed by atoms with Crippen LogP contribution in [0.1, 0.15) is 21.5 Å². The molecule has 0 fully saturated rings. The van der Waals surface area contributed by atoms with Gasteiger partial charge in [-0.15, -0.1) is 0 Å². The minimum absolute atomic E-state index is 0.180. The molecule has 2 aromatic heterocycles. The summed E-state index contributed by atoms with van der Waals surface area (Å²) in [4.78, 5) is 16.3. The van der Waals surface area contributed by atoms with Crippen molar-refractivity contribution in [3.05, 3.63) is 53.2 Å². The number of carboxylic acid groups (broad SMARTS) is 1. The number of carbonyl (C=O) groups is 1. The number of nitriles is 1. The van der Waals surface area contributed by atoms with E-state index < -0.39 is 5.97 Å². The van der Waals surface area contributed by atoms with E-state index in [1.54, 1.807) is 41.9 Å². The van der Waals surface area contributed by atoms with Gasteiger partial charge in [-0.25, -0.2) is 14.3 Å². The maximum atomic E-state index is 11.6. The van der Waals surface area contributed by atoms with E-state index in [2.05, 4.69) is 21.5 Å². The first-order chi connectivity index (χ1) is 15.9. The zero-order chi connectivity index (χ0) is 23.7. The van der Waals surface area contributed by atoms with Gasteiger partial charge in [0.1, 0.15) is 17.3 Å². The maximum absolute atomic E-state index is 11.6. The van der Waals surface area contributed by atoms with Gasteiger partial charge >= 0.3 is 5.97 Å². The van der Waals surface area contributed by atoms with Crippen molar-refractivity contribution in [2.45, 2.75) is 6.92 Å². The molecule has 0 radical (unpaired) electrons. The molecule has 0 amide bonds. The molecule has 0 aliphatic heterocycles. The van der Waals surface area contributed by atoms with Gasteiger partial charge in [-0.05, 0) is 36.8 Å². The van der Waals surface area contributed by atoms with Crippen molar-refractivity contribution < 1.29 is 24.1 Å². The molecule has 0 bridgehead atoms. The van der Waals surface area contributed by atoms with Gasteiger partial charge in [0, 0.05) is 17.4 Å². The van der Waals surface area contributed by atoms with Gasteiger partial charge in [-0.2, -0.15) is 5.26 Å². The van der Waals surface area contributed by atoms with E-state index in [0.29, 0.717) is 56.8 Å². The summed E-state index contributed by atoms with van der Waals surface area (Å²) in [7, 11) is 4.56. The Morgan fingerprint density at radius 3 is 2.45 bits per heavy atom. The first-order valence-electron chi connectivity index (χ1n) is 9.83. The molecule has 0 unspecified atom stereocenters. The van der Waals surface area contributed by atoms with Crippen LogP contribution in [0.2, 0.25) is 0 Å². The highest BCUT2D eigenvalue weighted by Crippen LogP contribution is 2.43. The number of fused-ring (bicyclic) bond motifs is 1. The van der Waals surface area contributed by atoms with Gasteiger partial charge in [0.05, 0.1) is 26.9 Å². The molecule has 10 nitrogen and oxygen atoms in total. The Hall–Kier alpha value is -4.65. The number of aromatic amines is 1. The number of anilines is 2. The molecule has 33 heavy (non-hydrogen) atoms. The average molecular weight is 447 g/mol. The monoisotopic (exact) mass is 447 g/mol. The molecule has 0 saturated carbocycles. The summed E-state index contributed by atoms with van der Waals surface area (Å²) in [6.45, 7) is 1.72. The van der Waals surface area contributed by atoms with Crippen LogP contribution in [0.4, 0.5) is 11.5 Å². The third-order valence-electron chi connectivity index (χ3n) is 5.33. The third-order valence-corrected chi connectivity index (χ3v) is 5.33. The normalized spacial score (nSPS) is 10.6. The molecule has 4 rings (SSSR count). The van der Waals surface area contributed by atoms with Crippen molar-refractivity contribution in [1.82, 2.24) is 14.6 Å². The van der Waals surface area contributed by atoms with Crippen molar-refractivity contribution in [2.24, 2.45) is 0 Å². The number of benzene rings is 2. The third kappa shape index (κ3) is 3.55. The predicted molar refractivity (Wildman–Crippen MR) is 121 cm³/mol. The lowest BCUT2D eigenvalue weighted by Gasteiger charge is -2.15. The van der Waals surface area contributed by atoms with Crippen molar-refractivity contribution in [2.75, 3.05) is 26.6 Å². The van der Waals surface area contributed by atoms with Crippen LogP contribution in [-0.2, 0) is 0 Å². The summed E-state index contributed by atoms with van der Waals surface area (Å²) in [5, 5.41) is 25.3. The van der Waals surface area contributed by atoms with E-state index in [0.717, 1.165) is 0 Å². The Labute approximate surface area is 188 Å². The van der Waals surface area contributed by atoms with Gasteiger partial charge in [0.15, 0.2) is 23.0 Å². The maximum Gasteiger partial charge on any atom is 0.336 e. The fourth-order valence-corrected chi connectivity index (χ4v) is 3.67. The summed E-state index contributed by atoms with van der Waals surface area (Å²) in [5.74, 6) is 0.807. The molecular formula is C23H21N5O5. The molecule has 3 N–H and O–H groups in total. The second kappa shape index (κ2) is 8.47. The van der Waals surface area contributed by atoms with E-state index in [9.17, 15) is 15.2 Å². The van der Waals surface area contributed by atoms with Crippen LogP contribution in [0.25, 0.3) is 16.9 Å². The zero-order valence-corrected chi connectivity index (χ0v) is 18.4. The Balaban J connectivity index is 1.96. The number of rotatable bonds is 7. The molecule has 0 aliphatic carbocycles. The summed E-state index contributed by atoms with van der Waals surface area (Å²) in [5.41, 5.74) is 3.22. The van der Waals surface area contributed by atoms with Gasteiger partial charge < -0.3 is 24.6 Å². The number of aromatic carboxylic acids is 1. The zero-order valence-electron chi connectivity index (χ0n) is 18.4. The smallest absolute Gasteiger partial charge is 0.336 e. The van der Waals surface area contributed by atoms with Gasteiger partial charge in [-0.3, -0.25) is 5.10 Å². The van der Waals surface area contributed by atoms with Gasteiger partial charge in [0.25, 0.3) is 0 Å². The number of hydrogen-bond acceptors (Lipinski definition) is 7. The molecule has 0 saturated heterocycles. The van der Waals surface area contributed by atoms with Crippen LogP contribution in [0, 0.1) is 18.3 Å². The topological polar surface area (TPSA) is 134 Å². The highest BCUT2D eigenvalue weighted by molar-refractivity contribution is 5.92. The average Bonchev–Trinajstić information content (AvgIpc) is 3.38. The molecule has 168 valence electrons. The summed E-state index contributed by atoms with van der Waals surface area (Å²) >= 11 is 0. The summed E-state index contributed by atoms with van der Waals surface area (Å²) in [6, 6.07) is 10.6. The van der Waals surface area contributed by atoms with Crippen LogP contribution in [0.3, 0.4) is 0 Å². The number of ether oxygens (including phenoxy) is 3. The van der Waals surface area contributed by atoms with Crippen molar-refractivity contribution in [1.29, 1.82) is 5.26 Å². The first kappa shape index (κ1) is 21.6. The van der Waals surface area contributed by atoms with E-state index in [-0.39, 0.29) is 5.56 Å². The number of imidazole rings is 1. The Morgan fingerprint density at radius 2 is 1.88 bits per heavy atom. The molecule has 0 aliphatic rings. The lowest BCUT2D eigenvalue weighted by Crippen LogP contribution is -2.04. The predicted octanol–water partition coefficient (Wildman–Crippen LogP) is 3.98. The van der Waals surface area contributed by atoms with Gasteiger partial charge in [-0.1, -0.05) is 6.07 Å². The number of nitrogens with one attached hydrogen (secondary N) is 2. The summed E-state index contributed by atoms with van der Waals surface area (Å²) in [6.07, 6.45) is 1.55. The number of hydrogen-bond donors (Lipinski definition) is 3. The fourth-order valence-electron chi connectivity index (χ4n) is 3.67. The van der Waals surface area contributed by atoms with Crippen LogP contribution in [0.5, 0.6) is 17.2 Å². The Morgan fingerprint density at radius 1 is 1.18 bits per heavy atom. The number of H-pyrrole nitrogens is 1. The van der Waals surface area contributed by atoms with E-state index >= 15 is 0 Å². The first-order valence-corrected chi connectivity index (χ1v) is 9.83. The summed E-state index contributed by atoms with van der Waals surface area (Å²) < 4.78 is 18.0. The molecular weight excluding hydrogens is 426 g/mol. The molecule has 0 atom stereocenters. The van der Waals surface area contributed by atoms with Crippen LogP contribution in [-0.4, -0.2) is 47.0 Å². The Bertz CT molecular complexity index is 1390. The molecule has 4 aromatic rings. The minimum atomic E-state index is -1.02. The van der Waals surface area contributed by atoms with E-state index in [1.165, 1.54) is 27.4 Å². The van der Waals surface area contributed by atoms with Crippen LogP contribution >= 0.6 is 0 Å². The lowest BCUT2D eigenvalue weighted by molar-refractivity contribution is 0.0696. The SMILES string of the molecule is COc1cc(-c2nc3c(C#N)c[nH]n3c2Nc2cccc(C(=O)O)c2C)cc(OC)c1OC. The van der Waals surface area contributed by atoms with Gasteiger partial charge in [0.2, 0.25) is 5.75 Å². The number of nitrogens with zero attached hydrogens (tertiary/aromatic N) is 3. The largest absolute Gasteiger partial charge is 0.493 e. The molecule has 2 aromatic carbocycles. The van der Waals surface area contributed by atoms with E-state index in [4.69, 9.17) is 14.2 Å². The quantitative estimate of drug-likeness (QED) is 0.387. The molecule has 10 heteroatoms. The van der Waals surface area contributed by atoms with E-state index in [1.807, 2.05) is 0 Å². The minimum Gasteiger partial charge on any atom is -0.493 e. The second-order valence-corrected chi connectivity index (χ2v) is 7.09. The van der Waals surface area contributed by atoms with Crippen molar-refractivity contribution in [3.63, 3.8) is 0 Å². The number of methoxy groups -OCH3 is 3. The van der Waals surface area contributed by atoms with Crippen LogP contribution < -0.4 is 19.5 Å². The Kier molecular flexibility index (Phi) is 5.54. The fraction of sp³-hybridized carbons (Fsp3) is 0.174. The standard InChI is InChI=1S/C23H21N5O5/c1-12-15(23(29)30)6-5-7-16(12)26-22-19(27-21-14(10-24)11-25-28(21)22)13-8-17(31-2)20(33-4)18(9-13)32-3/h5-9,11,25-26H,1-4H3,(H,29,30).